The number of amides is 1. The minimum Gasteiger partial charge on any atom is -0.507 e. The Morgan fingerprint density at radius 2 is 1.94 bits per heavy atom. The van der Waals surface area contributed by atoms with E-state index in [0.717, 1.165) is 24.0 Å². The number of fused-ring (bicyclic) bond motifs is 1. The Labute approximate surface area is 107 Å². The predicted octanol–water partition coefficient (Wildman–Crippen LogP) is 2.21. The van der Waals surface area contributed by atoms with E-state index in [9.17, 15) is 9.90 Å². The van der Waals surface area contributed by atoms with Crippen LogP contribution in [0.25, 0.3) is 0 Å². The van der Waals surface area contributed by atoms with Crippen molar-refractivity contribution in [2.75, 3.05) is 0 Å². The first-order valence-electron chi connectivity index (χ1n) is 6.08. The average molecular weight is 249 g/mol. The highest BCUT2D eigenvalue weighted by Crippen LogP contribution is 2.43. The molecule has 0 saturated carbocycles. The fourth-order valence-corrected chi connectivity index (χ4v) is 2.50. The van der Waals surface area contributed by atoms with Gasteiger partial charge in [-0.15, -0.1) is 0 Å². The second-order valence-electron chi connectivity index (χ2n) is 5.51. The fourth-order valence-electron chi connectivity index (χ4n) is 2.50. The summed E-state index contributed by atoms with van der Waals surface area (Å²) in [5, 5.41) is 10.1. The first-order chi connectivity index (χ1) is 8.24. The van der Waals surface area contributed by atoms with Gasteiger partial charge >= 0.3 is 0 Å². The van der Waals surface area contributed by atoms with Gasteiger partial charge in [-0.3, -0.25) is 4.79 Å². The highest BCUT2D eigenvalue weighted by Gasteiger charge is 2.33. The van der Waals surface area contributed by atoms with Crippen LogP contribution < -0.4 is 10.5 Å². The smallest absolute Gasteiger partial charge is 0.252 e. The lowest BCUT2D eigenvalue weighted by Gasteiger charge is -2.35. The number of nitrogens with two attached hydrogens (primary N) is 1. The topological polar surface area (TPSA) is 72.5 Å². The van der Waals surface area contributed by atoms with Crippen LogP contribution in [0, 0.1) is 13.8 Å². The molecule has 0 radical (unpaired) electrons. The van der Waals surface area contributed by atoms with Gasteiger partial charge in [-0.2, -0.15) is 0 Å². The molecule has 0 saturated heterocycles. The molecule has 4 heteroatoms. The van der Waals surface area contributed by atoms with Gasteiger partial charge in [0.05, 0.1) is 5.56 Å². The summed E-state index contributed by atoms with van der Waals surface area (Å²) in [6.45, 7) is 7.50. The highest BCUT2D eigenvalue weighted by molar-refractivity contribution is 5.98. The van der Waals surface area contributed by atoms with Crippen molar-refractivity contribution in [1.29, 1.82) is 0 Å². The van der Waals surface area contributed by atoms with E-state index in [2.05, 4.69) is 0 Å². The van der Waals surface area contributed by atoms with Crippen LogP contribution in [-0.4, -0.2) is 16.6 Å². The van der Waals surface area contributed by atoms with Gasteiger partial charge in [-0.25, -0.2) is 0 Å². The van der Waals surface area contributed by atoms with Crippen molar-refractivity contribution in [2.24, 2.45) is 5.73 Å². The Morgan fingerprint density at radius 1 is 1.33 bits per heavy atom. The van der Waals surface area contributed by atoms with Crippen molar-refractivity contribution in [2.45, 2.75) is 46.1 Å². The first kappa shape index (κ1) is 12.7. The standard InChI is InChI=1S/C14H19NO3/c1-7-9-5-6-14(3,4)18-12(9)10(13(15)17)8(2)11(7)16/h16H,5-6H2,1-4H3,(H2,15,17). The molecule has 4 nitrogen and oxygen atoms in total. The van der Waals surface area contributed by atoms with Gasteiger partial charge in [0.25, 0.3) is 5.91 Å². The summed E-state index contributed by atoms with van der Waals surface area (Å²) in [5.74, 6) is 0.133. The molecule has 3 N–H and O–H groups in total. The lowest BCUT2D eigenvalue weighted by atomic mass is 9.87. The van der Waals surface area contributed by atoms with Crippen molar-refractivity contribution in [3.8, 4) is 11.5 Å². The molecule has 0 bridgehead atoms. The monoisotopic (exact) mass is 249 g/mol. The number of ether oxygens (including phenoxy) is 1. The number of primary amides is 1. The van der Waals surface area contributed by atoms with Gasteiger partial charge in [0.1, 0.15) is 17.1 Å². The minimum atomic E-state index is -0.559. The molecule has 1 aliphatic heterocycles. The number of hydrogen-bond donors (Lipinski definition) is 2. The zero-order chi connectivity index (χ0) is 13.7. The molecular formula is C14H19NO3. The second-order valence-corrected chi connectivity index (χ2v) is 5.51. The van der Waals surface area contributed by atoms with E-state index >= 15 is 0 Å². The van der Waals surface area contributed by atoms with Crippen LogP contribution in [0.4, 0.5) is 0 Å². The molecule has 1 aliphatic rings. The number of aromatic hydroxyl groups is 1. The van der Waals surface area contributed by atoms with E-state index in [1.165, 1.54) is 0 Å². The maximum atomic E-state index is 11.6. The quantitative estimate of drug-likeness (QED) is 0.801. The van der Waals surface area contributed by atoms with E-state index in [4.69, 9.17) is 10.5 Å². The summed E-state index contributed by atoms with van der Waals surface area (Å²) >= 11 is 0. The third-order valence-corrected chi connectivity index (χ3v) is 3.64. The SMILES string of the molecule is Cc1c(O)c(C)c(C(N)=O)c2c1CCC(C)(C)O2. The molecule has 0 aliphatic carbocycles. The number of rotatable bonds is 1. The molecule has 1 aromatic rings. The zero-order valence-electron chi connectivity index (χ0n) is 11.3. The summed E-state index contributed by atoms with van der Waals surface area (Å²) < 4.78 is 5.92. The van der Waals surface area contributed by atoms with E-state index in [0.29, 0.717) is 16.9 Å². The maximum absolute atomic E-state index is 11.6. The Balaban J connectivity index is 2.75. The molecule has 0 spiro atoms. The molecule has 0 unspecified atom stereocenters. The van der Waals surface area contributed by atoms with Crippen molar-refractivity contribution in [1.82, 2.24) is 0 Å². The lowest BCUT2D eigenvalue weighted by molar-refractivity contribution is 0.0801. The molecule has 1 amide bonds. The number of phenols is 1. The molecule has 0 aromatic heterocycles. The van der Waals surface area contributed by atoms with Crippen LogP contribution in [0.15, 0.2) is 0 Å². The lowest BCUT2D eigenvalue weighted by Crippen LogP contribution is -2.34. The van der Waals surface area contributed by atoms with Gasteiger partial charge in [-0.05, 0) is 46.1 Å². The van der Waals surface area contributed by atoms with Crippen molar-refractivity contribution in [3.05, 3.63) is 22.3 Å². The molecule has 1 aromatic carbocycles. The van der Waals surface area contributed by atoms with Crippen LogP contribution in [0.3, 0.4) is 0 Å². The fraction of sp³-hybridized carbons (Fsp3) is 0.500. The van der Waals surface area contributed by atoms with Gasteiger partial charge < -0.3 is 15.6 Å². The van der Waals surface area contributed by atoms with Gasteiger partial charge in [0.15, 0.2) is 0 Å². The average Bonchev–Trinajstić information content (AvgIpc) is 2.24. The predicted molar refractivity (Wildman–Crippen MR) is 69.1 cm³/mol. The number of benzene rings is 1. The normalized spacial score (nSPS) is 16.9. The van der Waals surface area contributed by atoms with Gasteiger partial charge in [0.2, 0.25) is 0 Å². The second kappa shape index (κ2) is 3.90. The molecule has 2 rings (SSSR count). The maximum Gasteiger partial charge on any atom is 0.252 e. The molecular weight excluding hydrogens is 230 g/mol. The third-order valence-electron chi connectivity index (χ3n) is 3.64. The van der Waals surface area contributed by atoms with Crippen molar-refractivity contribution >= 4 is 5.91 Å². The van der Waals surface area contributed by atoms with E-state index in [1.54, 1.807) is 6.92 Å². The number of hydrogen-bond acceptors (Lipinski definition) is 3. The molecule has 1 heterocycles. The van der Waals surface area contributed by atoms with Crippen molar-refractivity contribution in [3.63, 3.8) is 0 Å². The molecule has 0 fully saturated rings. The van der Waals surface area contributed by atoms with E-state index in [-0.39, 0.29) is 11.4 Å². The summed E-state index contributed by atoms with van der Waals surface area (Å²) in [6, 6.07) is 0. The minimum absolute atomic E-state index is 0.144. The van der Waals surface area contributed by atoms with Crippen LogP contribution in [0.5, 0.6) is 11.5 Å². The summed E-state index contributed by atoms with van der Waals surface area (Å²) in [4.78, 5) is 11.6. The largest absolute Gasteiger partial charge is 0.507 e. The summed E-state index contributed by atoms with van der Waals surface area (Å²) in [5.41, 5.74) is 7.58. The molecule has 0 atom stereocenters. The Morgan fingerprint density at radius 3 is 2.50 bits per heavy atom. The number of phenolic OH excluding ortho intramolecular Hbond substituents is 1. The van der Waals surface area contributed by atoms with Gasteiger partial charge in [0, 0.05) is 11.1 Å². The zero-order valence-corrected chi connectivity index (χ0v) is 11.3. The van der Waals surface area contributed by atoms with Crippen LogP contribution >= 0.6 is 0 Å². The summed E-state index contributed by atoms with van der Waals surface area (Å²) in [7, 11) is 0. The third kappa shape index (κ3) is 1.82. The van der Waals surface area contributed by atoms with Crippen LogP contribution in [0.2, 0.25) is 0 Å². The Bertz CT molecular complexity index is 533. The highest BCUT2D eigenvalue weighted by atomic mass is 16.5. The molecule has 18 heavy (non-hydrogen) atoms. The van der Waals surface area contributed by atoms with E-state index < -0.39 is 5.91 Å². The van der Waals surface area contributed by atoms with Crippen LogP contribution in [-0.2, 0) is 6.42 Å². The molecule has 98 valence electrons. The number of carbonyl (C=O) groups excluding carboxylic acids is 1. The first-order valence-corrected chi connectivity index (χ1v) is 6.08. The van der Waals surface area contributed by atoms with Crippen molar-refractivity contribution < 1.29 is 14.6 Å². The Hall–Kier alpha value is -1.71. The number of carbonyl (C=O) groups is 1. The van der Waals surface area contributed by atoms with Crippen LogP contribution in [0.1, 0.15) is 47.3 Å². The van der Waals surface area contributed by atoms with E-state index in [1.807, 2.05) is 20.8 Å². The van der Waals surface area contributed by atoms with Gasteiger partial charge in [-0.1, -0.05) is 0 Å². The summed E-state index contributed by atoms with van der Waals surface area (Å²) in [6.07, 6.45) is 1.63. The Kier molecular flexibility index (Phi) is 2.76.